The maximum absolute atomic E-state index is 11.9. The van der Waals surface area contributed by atoms with Gasteiger partial charge in [-0.2, -0.15) is 15.9 Å². The summed E-state index contributed by atoms with van der Waals surface area (Å²) in [5, 5.41) is 19.9. The van der Waals surface area contributed by atoms with Gasteiger partial charge in [-0.05, 0) is 36.4 Å². The van der Waals surface area contributed by atoms with Gasteiger partial charge >= 0.3 is 0 Å². The quantitative estimate of drug-likeness (QED) is 0.769. The molecule has 1 amide bonds. The standard InChI is InChI=1S/C15H16N6OS/c1-20(8-14(22)16-11-2-3-11)13-5-4-12-17-18-15(21(12)19-13)10-6-7-23-9-10/h4-7,9,11H,2-3,8H2,1H3,(H,16,22). The van der Waals surface area contributed by atoms with Crippen molar-refractivity contribution in [1.29, 1.82) is 0 Å². The number of amides is 1. The smallest absolute Gasteiger partial charge is 0.239 e. The fraction of sp³-hybridized carbons (Fsp3) is 0.333. The van der Waals surface area contributed by atoms with E-state index in [-0.39, 0.29) is 12.5 Å². The van der Waals surface area contributed by atoms with Crippen molar-refractivity contribution in [3.63, 3.8) is 0 Å². The summed E-state index contributed by atoms with van der Waals surface area (Å²) in [6.45, 7) is 0.283. The topological polar surface area (TPSA) is 75.4 Å². The lowest BCUT2D eigenvalue weighted by Crippen LogP contribution is -2.36. The molecule has 1 saturated carbocycles. The number of carbonyl (C=O) groups excluding carboxylic acids is 1. The van der Waals surface area contributed by atoms with Gasteiger partial charge in [-0.15, -0.1) is 15.3 Å². The first-order valence-corrected chi connectivity index (χ1v) is 8.40. The molecule has 0 bridgehead atoms. The van der Waals surface area contributed by atoms with Gasteiger partial charge in [0.15, 0.2) is 11.5 Å². The lowest BCUT2D eigenvalue weighted by Gasteiger charge is -2.17. The maximum atomic E-state index is 11.9. The number of anilines is 1. The Bertz CT molecular complexity index is 839. The van der Waals surface area contributed by atoms with Crippen molar-refractivity contribution in [3.8, 4) is 11.4 Å². The molecule has 8 heteroatoms. The predicted octanol–water partition coefficient (Wildman–Crippen LogP) is 1.57. The van der Waals surface area contributed by atoms with E-state index in [0.717, 1.165) is 18.4 Å². The molecule has 0 atom stereocenters. The maximum Gasteiger partial charge on any atom is 0.239 e. The van der Waals surface area contributed by atoms with E-state index in [1.807, 2.05) is 40.9 Å². The number of carbonyl (C=O) groups is 1. The van der Waals surface area contributed by atoms with Crippen LogP contribution in [0.25, 0.3) is 17.0 Å². The second kappa shape index (κ2) is 5.62. The van der Waals surface area contributed by atoms with Crippen molar-refractivity contribution < 1.29 is 4.79 Å². The van der Waals surface area contributed by atoms with Gasteiger partial charge in [-0.3, -0.25) is 4.79 Å². The minimum atomic E-state index is 0.0266. The fourth-order valence-electron chi connectivity index (χ4n) is 2.35. The molecule has 1 N–H and O–H groups in total. The van der Waals surface area contributed by atoms with E-state index in [2.05, 4.69) is 20.6 Å². The highest BCUT2D eigenvalue weighted by atomic mass is 32.1. The van der Waals surface area contributed by atoms with Gasteiger partial charge in [-0.1, -0.05) is 0 Å². The molecular weight excluding hydrogens is 312 g/mol. The first-order valence-electron chi connectivity index (χ1n) is 7.46. The molecule has 1 aliphatic carbocycles. The molecule has 4 rings (SSSR count). The Labute approximate surface area is 136 Å². The molecule has 23 heavy (non-hydrogen) atoms. The zero-order valence-electron chi connectivity index (χ0n) is 12.6. The highest BCUT2D eigenvalue weighted by molar-refractivity contribution is 7.08. The molecule has 0 aromatic carbocycles. The van der Waals surface area contributed by atoms with Crippen LogP contribution in [0.15, 0.2) is 29.0 Å². The summed E-state index contributed by atoms with van der Waals surface area (Å²) in [4.78, 5) is 13.8. The van der Waals surface area contributed by atoms with E-state index in [1.165, 1.54) is 0 Å². The number of aromatic nitrogens is 4. The van der Waals surface area contributed by atoms with Crippen molar-refractivity contribution in [2.75, 3.05) is 18.5 Å². The molecule has 3 aromatic rings. The SMILES string of the molecule is CN(CC(=O)NC1CC1)c1ccc2nnc(-c3ccsc3)n2n1. The zero-order valence-corrected chi connectivity index (χ0v) is 13.5. The molecule has 1 fully saturated rings. The van der Waals surface area contributed by atoms with Crippen molar-refractivity contribution in [2.24, 2.45) is 0 Å². The number of fused-ring (bicyclic) bond motifs is 1. The number of hydrogen-bond acceptors (Lipinski definition) is 6. The lowest BCUT2D eigenvalue weighted by molar-refractivity contribution is -0.119. The van der Waals surface area contributed by atoms with E-state index in [4.69, 9.17) is 0 Å². The fourth-order valence-corrected chi connectivity index (χ4v) is 2.99. The van der Waals surface area contributed by atoms with E-state index >= 15 is 0 Å². The summed E-state index contributed by atoms with van der Waals surface area (Å²) >= 11 is 1.60. The minimum Gasteiger partial charge on any atom is -0.352 e. The molecule has 0 saturated heterocycles. The summed E-state index contributed by atoms with van der Waals surface area (Å²) in [5.41, 5.74) is 1.67. The highest BCUT2D eigenvalue weighted by Gasteiger charge is 2.23. The number of nitrogens with zero attached hydrogens (tertiary/aromatic N) is 5. The highest BCUT2D eigenvalue weighted by Crippen LogP contribution is 2.21. The summed E-state index contributed by atoms with van der Waals surface area (Å²) in [7, 11) is 1.86. The van der Waals surface area contributed by atoms with E-state index < -0.39 is 0 Å². The van der Waals surface area contributed by atoms with Crippen LogP contribution in [0.2, 0.25) is 0 Å². The Kier molecular flexibility index (Phi) is 3.45. The van der Waals surface area contributed by atoms with Crippen LogP contribution >= 0.6 is 11.3 Å². The Hall–Kier alpha value is -2.48. The second-order valence-electron chi connectivity index (χ2n) is 5.70. The summed E-state index contributed by atoms with van der Waals surface area (Å²) in [5.74, 6) is 1.44. The van der Waals surface area contributed by atoms with Crippen LogP contribution in [0.5, 0.6) is 0 Å². The van der Waals surface area contributed by atoms with Gasteiger partial charge < -0.3 is 10.2 Å². The third-order valence-corrected chi connectivity index (χ3v) is 4.43. The Morgan fingerprint density at radius 1 is 1.39 bits per heavy atom. The molecule has 0 unspecified atom stereocenters. The second-order valence-corrected chi connectivity index (χ2v) is 6.48. The Balaban J connectivity index is 1.59. The predicted molar refractivity (Wildman–Crippen MR) is 88.5 cm³/mol. The molecule has 0 aliphatic heterocycles. The number of hydrogen-bond donors (Lipinski definition) is 1. The number of likely N-dealkylation sites (N-methyl/N-ethyl adjacent to an activating group) is 1. The van der Waals surface area contributed by atoms with Gasteiger partial charge in [0.2, 0.25) is 5.91 Å². The van der Waals surface area contributed by atoms with E-state index in [9.17, 15) is 4.79 Å². The third kappa shape index (κ3) is 2.89. The first-order chi connectivity index (χ1) is 11.2. The number of thiophene rings is 1. The van der Waals surface area contributed by atoms with Gasteiger partial charge in [0.05, 0.1) is 6.54 Å². The van der Waals surface area contributed by atoms with Gasteiger partial charge in [0, 0.05) is 24.0 Å². The summed E-state index contributed by atoms with van der Waals surface area (Å²) < 4.78 is 1.71. The summed E-state index contributed by atoms with van der Waals surface area (Å²) in [6, 6.07) is 6.07. The summed E-state index contributed by atoms with van der Waals surface area (Å²) in [6.07, 6.45) is 2.18. The minimum absolute atomic E-state index is 0.0266. The largest absolute Gasteiger partial charge is 0.352 e. The van der Waals surface area contributed by atoms with Gasteiger partial charge in [0.1, 0.15) is 5.82 Å². The van der Waals surface area contributed by atoms with Crippen LogP contribution in [0.4, 0.5) is 5.82 Å². The Morgan fingerprint density at radius 2 is 2.26 bits per heavy atom. The van der Waals surface area contributed by atoms with Crippen molar-refractivity contribution >= 4 is 28.7 Å². The van der Waals surface area contributed by atoms with Crippen LogP contribution in [0, 0.1) is 0 Å². The number of rotatable bonds is 5. The van der Waals surface area contributed by atoms with Crippen LogP contribution in [-0.2, 0) is 4.79 Å². The van der Waals surface area contributed by atoms with E-state index in [1.54, 1.807) is 15.9 Å². The zero-order chi connectivity index (χ0) is 15.8. The van der Waals surface area contributed by atoms with E-state index in [0.29, 0.717) is 23.3 Å². The third-order valence-electron chi connectivity index (χ3n) is 3.74. The van der Waals surface area contributed by atoms with Crippen molar-refractivity contribution in [2.45, 2.75) is 18.9 Å². The number of nitrogens with one attached hydrogen (secondary N) is 1. The molecule has 7 nitrogen and oxygen atoms in total. The van der Waals surface area contributed by atoms with Gasteiger partial charge in [-0.25, -0.2) is 0 Å². The van der Waals surface area contributed by atoms with Gasteiger partial charge in [0.25, 0.3) is 0 Å². The van der Waals surface area contributed by atoms with Crippen molar-refractivity contribution in [1.82, 2.24) is 25.1 Å². The van der Waals surface area contributed by atoms with Crippen LogP contribution in [0.3, 0.4) is 0 Å². The van der Waals surface area contributed by atoms with Crippen LogP contribution < -0.4 is 10.2 Å². The molecule has 0 spiro atoms. The average Bonchev–Trinajstić information content (AvgIpc) is 3.04. The average molecular weight is 328 g/mol. The Morgan fingerprint density at radius 3 is 3.00 bits per heavy atom. The molecule has 3 aromatic heterocycles. The molecule has 0 radical (unpaired) electrons. The molecular formula is C15H16N6OS. The monoisotopic (exact) mass is 328 g/mol. The van der Waals surface area contributed by atoms with Crippen LogP contribution in [0.1, 0.15) is 12.8 Å². The molecule has 3 heterocycles. The first kappa shape index (κ1) is 14.1. The normalized spacial score (nSPS) is 14.1. The molecule has 118 valence electrons. The van der Waals surface area contributed by atoms with Crippen molar-refractivity contribution in [3.05, 3.63) is 29.0 Å². The molecule has 1 aliphatic rings. The lowest BCUT2D eigenvalue weighted by atomic mass is 10.3. The van der Waals surface area contributed by atoms with Crippen LogP contribution in [-0.4, -0.2) is 45.4 Å².